The van der Waals surface area contributed by atoms with Gasteiger partial charge in [0.05, 0.1) is 33.6 Å². The normalized spacial score (nSPS) is 11.4. The summed E-state index contributed by atoms with van der Waals surface area (Å²) in [5, 5.41) is 1.13. The SMILES string of the molecule is Cc1nc(CN(C)Cc2cnc3ccccc3n2)c(C)s1. The second kappa shape index (κ2) is 5.87. The average molecular weight is 298 g/mol. The minimum Gasteiger partial charge on any atom is -0.295 e. The minimum atomic E-state index is 0.772. The van der Waals surface area contributed by atoms with Crippen molar-refractivity contribution in [1.82, 2.24) is 19.9 Å². The van der Waals surface area contributed by atoms with Crippen molar-refractivity contribution in [2.45, 2.75) is 26.9 Å². The summed E-state index contributed by atoms with van der Waals surface area (Å²) in [6, 6.07) is 7.96. The van der Waals surface area contributed by atoms with Crippen LogP contribution in [0.25, 0.3) is 11.0 Å². The number of aromatic nitrogens is 3. The van der Waals surface area contributed by atoms with Crippen molar-refractivity contribution in [2.75, 3.05) is 7.05 Å². The van der Waals surface area contributed by atoms with Crippen molar-refractivity contribution in [3.8, 4) is 0 Å². The van der Waals surface area contributed by atoms with Gasteiger partial charge in [-0.2, -0.15) is 0 Å². The fourth-order valence-corrected chi connectivity index (χ4v) is 3.21. The molecule has 0 atom stereocenters. The summed E-state index contributed by atoms with van der Waals surface area (Å²) in [4.78, 5) is 17.2. The molecule has 0 unspecified atom stereocenters. The van der Waals surface area contributed by atoms with Crippen LogP contribution in [0, 0.1) is 13.8 Å². The van der Waals surface area contributed by atoms with Gasteiger partial charge in [0.15, 0.2) is 0 Å². The Balaban J connectivity index is 1.73. The molecular weight excluding hydrogens is 280 g/mol. The van der Waals surface area contributed by atoms with Gasteiger partial charge in [0.1, 0.15) is 0 Å². The van der Waals surface area contributed by atoms with E-state index in [1.165, 1.54) is 4.88 Å². The zero-order valence-corrected chi connectivity index (χ0v) is 13.3. The Morgan fingerprint density at radius 3 is 2.52 bits per heavy atom. The lowest BCUT2D eigenvalue weighted by Gasteiger charge is -2.15. The molecular formula is C16H18N4S. The van der Waals surface area contributed by atoms with Crippen LogP contribution < -0.4 is 0 Å². The quantitative estimate of drug-likeness (QED) is 0.741. The Morgan fingerprint density at radius 1 is 1.05 bits per heavy atom. The summed E-state index contributed by atoms with van der Waals surface area (Å²) in [6.07, 6.45) is 1.86. The van der Waals surface area contributed by atoms with Gasteiger partial charge in [0.2, 0.25) is 0 Å². The molecule has 0 amide bonds. The predicted octanol–water partition coefficient (Wildman–Crippen LogP) is 3.34. The first kappa shape index (κ1) is 14.1. The molecule has 0 aliphatic carbocycles. The van der Waals surface area contributed by atoms with E-state index < -0.39 is 0 Å². The number of para-hydroxylation sites is 2. The van der Waals surface area contributed by atoms with Crippen LogP contribution in [0.15, 0.2) is 30.5 Å². The third kappa shape index (κ3) is 3.25. The van der Waals surface area contributed by atoms with E-state index in [1.54, 1.807) is 11.3 Å². The van der Waals surface area contributed by atoms with E-state index in [0.717, 1.165) is 40.5 Å². The molecule has 0 aliphatic rings. The maximum absolute atomic E-state index is 4.66. The number of hydrogen-bond acceptors (Lipinski definition) is 5. The predicted molar refractivity (Wildman–Crippen MR) is 86.3 cm³/mol. The molecule has 3 rings (SSSR count). The average Bonchev–Trinajstić information content (AvgIpc) is 2.76. The Morgan fingerprint density at radius 2 is 1.81 bits per heavy atom. The Hall–Kier alpha value is -1.85. The second-order valence-corrected chi connectivity index (χ2v) is 6.67. The van der Waals surface area contributed by atoms with Gasteiger partial charge in [-0.15, -0.1) is 11.3 Å². The number of nitrogens with zero attached hydrogens (tertiary/aromatic N) is 4. The standard InChI is InChI=1S/C16H18N4S/c1-11-16(18-12(2)21-11)10-20(3)9-13-8-17-14-6-4-5-7-15(14)19-13/h4-8H,9-10H2,1-3H3. The zero-order chi connectivity index (χ0) is 14.8. The van der Waals surface area contributed by atoms with Crippen LogP contribution in [-0.4, -0.2) is 26.9 Å². The molecule has 21 heavy (non-hydrogen) atoms. The molecule has 0 saturated heterocycles. The largest absolute Gasteiger partial charge is 0.295 e. The van der Waals surface area contributed by atoms with Crippen LogP contribution in [0.1, 0.15) is 21.3 Å². The van der Waals surface area contributed by atoms with E-state index in [0.29, 0.717) is 0 Å². The summed E-state index contributed by atoms with van der Waals surface area (Å²) in [6.45, 7) is 5.79. The molecule has 0 radical (unpaired) electrons. The first-order valence-corrected chi connectivity index (χ1v) is 7.75. The zero-order valence-electron chi connectivity index (χ0n) is 12.5. The Labute approximate surface area is 128 Å². The van der Waals surface area contributed by atoms with Gasteiger partial charge >= 0.3 is 0 Å². The maximum Gasteiger partial charge on any atom is 0.0900 e. The van der Waals surface area contributed by atoms with Crippen molar-refractivity contribution in [2.24, 2.45) is 0 Å². The van der Waals surface area contributed by atoms with Crippen molar-refractivity contribution < 1.29 is 0 Å². The molecule has 2 aromatic heterocycles. The van der Waals surface area contributed by atoms with E-state index >= 15 is 0 Å². The highest BCUT2D eigenvalue weighted by atomic mass is 32.1. The highest BCUT2D eigenvalue weighted by Crippen LogP contribution is 2.18. The molecule has 108 valence electrons. The highest BCUT2D eigenvalue weighted by molar-refractivity contribution is 7.11. The number of aryl methyl sites for hydroxylation is 2. The van der Waals surface area contributed by atoms with E-state index in [1.807, 2.05) is 30.5 Å². The van der Waals surface area contributed by atoms with E-state index in [-0.39, 0.29) is 0 Å². The van der Waals surface area contributed by atoms with Crippen LogP contribution in [0.3, 0.4) is 0 Å². The summed E-state index contributed by atoms with van der Waals surface area (Å²) < 4.78 is 0. The third-order valence-electron chi connectivity index (χ3n) is 3.35. The summed E-state index contributed by atoms with van der Waals surface area (Å²) in [7, 11) is 2.09. The first-order valence-electron chi connectivity index (χ1n) is 6.94. The molecule has 3 aromatic rings. The summed E-state index contributed by atoms with van der Waals surface area (Å²) in [5.41, 5.74) is 4.04. The maximum atomic E-state index is 4.66. The van der Waals surface area contributed by atoms with Crippen molar-refractivity contribution in [1.29, 1.82) is 0 Å². The van der Waals surface area contributed by atoms with Crippen LogP contribution in [0.5, 0.6) is 0 Å². The van der Waals surface area contributed by atoms with Crippen molar-refractivity contribution in [3.63, 3.8) is 0 Å². The van der Waals surface area contributed by atoms with Crippen LogP contribution in [0.2, 0.25) is 0 Å². The summed E-state index contributed by atoms with van der Waals surface area (Å²) in [5.74, 6) is 0. The third-order valence-corrected chi connectivity index (χ3v) is 4.28. The minimum absolute atomic E-state index is 0.772. The molecule has 0 fully saturated rings. The van der Waals surface area contributed by atoms with Crippen molar-refractivity contribution >= 4 is 22.4 Å². The monoisotopic (exact) mass is 298 g/mol. The Kier molecular flexibility index (Phi) is 3.94. The molecule has 1 aromatic carbocycles. The number of rotatable bonds is 4. The van der Waals surface area contributed by atoms with Crippen molar-refractivity contribution in [3.05, 3.63) is 51.7 Å². The molecule has 5 heteroatoms. The van der Waals surface area contributed by atoms with Gasteiger partial charge in [0, 0.05) is 18.0 Å². The number of benzene rings is 1. The lowest BCUT2D eigenvalue weighted by Crippen LogP contribution is -2.19. The van der Waals surface area contributed by atoms with Crippen LogP contribution in [0.4, 0.5) is 0 Å². The van der Waals surface area contributed by atoms with E-state index in [9.17, 15) is 0 Å². The second-order valence-electron chi connectivity index (χ2n) is 5.26. The summed E-state index contributed by atoms with van der Waals surface area (Å²) >= 11 is 1.75. The molecule has 0 aliphatic heterocycles. The van der Waals surface area contributed by atoms with Crippen LogP contribution >= 0.6 is 11.3 Å². The molecule has 2 heterocycles. The molecule has 4 nitrogen and oxygen atoms in total. The lowest BCUT2D eigenvalue weighted by molar-refractivity contribution is 0.311. The number of thiazole rings is 1. The van der Waals surface area contributed by atoms with Gasteiger partial charge in [-0.25, -0.2) is 9.97 Å². The van der Waals surface area contributed by atoms with Gasteiger partial charge < -0.3 is 0 Å². The fraction of sp³-hybridized carbons (Fsp3) is 0.312. The molecule has 0 spiro atoms. The number of hydrogen-bond donors (Lipinski definition) is 0. The first-order chi connectivity index (χ1) is 10.1. The van der Waals surface area contributed by atoms with E-state index in [4.69, 9.17) is 0 Å². The molecule has 0 bridgehead atoms. The number of fused-ring (bicyclic) bond motifs is 1. The van der Waals surface area contributed by atoms with E-state index in [2.05, 4.69) is 40.7 Å². The smallest absolute Gasteiger partial charge is 0.0900 e. The van der Waals surface area contributed by atoms with Crippen LogP contribution in [-0.2, 0) is 13.1 Å². The Bertz CT molecular complexity index is 766. The van der Waals surface area contributed by atoms with Gasteiger partial charge in [-0.1, -0.05) is 12.1 Å². The lowest BCUT2D eigenvalue weighted by atomic mass is 10.3. The van der Waals surface area contributed by atoms with Gasteiger partial charge in [-0.3, -0.25) is 9.88 Å². The van der Waals surface area contributed by atoms with Gasteiger partial charge in [-0.05, 0) is 33.0 Å². The topological polar surface area (TPSA) is 41.9 Å². The fourth-order valence-electron chi connectivity index (χ4n) is 2.38. The van der Waals surface area contributed by atoms with Gasteiger partial charge in [0.25, 0.3) is 0 Å². The molecule has 0 N–H and O–H groups in total. The molecule has 0 saturated carbocycles. The highest BCUT2D eigenvalue weighted by Gasteiger charge is 2.09.